The quantitative estimate of drug-likeness (QED) is 0.803. The minimum Gasteiger partial charge on any atom is -0.292 e. The van der Waals surface area contributed by atoms with Crippen LogP contribution in [0.2, 0.25) is 0 Å². The Labute approximate surface area is 117 Å². The summed E-state index contributed by atoms with van der Waals surface area (Å²) in [6.07, 6.45) is 6.60. The molecule has 2 unspecified atom stereocenters. The second-order valence-corrected chi connectivity index (χ2v) is 5.87. The maximum atomic E-state index is 12.7. The van der Waals surface area contributed by atoms with Crippen molar-refractivity contribution in [3.8, 4) is 5.69 Å². The van der Waals surface area contributed by atoms with Crippen molar-refractivity contribution in [2.45, 2.75) is 25.7 Å². The molecule has 20 heavy (non-hydrogen) atoms. The number of carbonyl (C=O) groups excluding carboxylic acids is 1. The van der Waals surface area contributed by atoms with Crippen LogP contribution >= 0.6 is 0 Å². The Morgan fingerprint density at radius 3 is 2.50 bits per heavy atom. The van der Waals surface area contributed by atoms with Crippen LogP contribution in [0.3, 0.4) is 0 Å². The third-order valence-electron chi connectivity index (χ3n) is 4.76. The van der Waals surface area contributed by atoms with Gasteiger partial charge in [0, 0.05) is 5.92 Å². The molecule has 4 rings (SSSR count). The number of para-hydroxylation sites is 1. The van der Waals surface area contributed by atoms with Crippen molar-refractivity contribution in [2.24, 2.45) is 17.8 Å². The summed E-state index contributed by atoms with van der Waals surface area (Å²) >= 11 is 0. The fraction of sp³-hybridized carbons (Fsp3) is 0.438. The van der Waals surface area contributed by atoms with Gasteiger partial charge in [-0.15, -0.1) is 5.10 Å². The fourth-order valence-electron chi connectivity index (χ4n) is 3.71. The highest BCUT2D eigenvalue weighted by molar-refractivity contribution is 5.98. The van der Waals surface area contributed by atoms with E-state index < -0.39 is 0 Å². The normalized spacial score (nSPS) is 27.9. The second-order valence-electron chi connectivity index (χ2n) is 5.87. The van der Waals surface area contributed by atoms with Gasteiger partial charge in [-0.2, -0.15) is 0 Å². The van der Waals surface area contributed by atoms with Crippen molar-refractivity contribution in [2.75, 3.05) is 0 Å². The van der Waals surface area contributed by atoms with Gasteiger partial charge in [0.25, 0.3) is 0 Å². The molecule has 2 atom stereocenters. The van der Waals surface area contributed by atoms with Crippen LogP contribution in [0, 0.1) is 17.8 Å². The zero-order valence-electron chi connectivity index (χ0n) is 11.3. The molecule has 4 heteroatoms. The largest absolute Gasteiger partial charge is 0.292 e. The Bertz CT molecular complexity index is 622. The average molecular weight is 267 g/mol. The lowest BCUT2D eigenvalue weighted by Gasteiger charge is -2.04. The molecule has 0 amide bonds. The fourth-order valence-corrected chi connectivity index (χ4v) is 3.71. The van der Waals surface area contributed by atoms with Crippen LogP contribution in [0.4, 0.5) is 0 Å². The molecule has 1 aromatic heterocycles. The van der Waals surface area contributed by atoms with Crippen LogP contribution in [0.15, 0.2) is 36.5 Å². The van der Waals surface area contributed by atoms with E-state index in [1.165, 1.54) is 25.7 Å². The highest BCUT2D eigenvalue weighted by atomic mass is 16.1. The summed E-state index contributed by atoms with van der Waals surface area (Å²) < 4.78 is 1.67. The molecular formula is C16H17N3O. The molecule has 1 aromatic carbocycles. The molecule has 0 spiro atoms. The summed E-state index contributed by atoms with van der Waals surface area (Å²) in [4.78, 5) is 12.7. The lowest BCUT2D eigenvalue weighted by atomic mass is 10.0. The molecular weight excluding hydrogens is 250 g/mol. The SMILES string of the molecule is O=C(c1cnnn1-c1ccccc1)C1C2CCCCC21. The van der Waals surface area contributed by atoms with Crippen molar-refractivity contribution in [1.29, 1.82) is 0 Å². The van der Waals surface area contributed by atoms with E-state index in [0.29, 0.717) is 17.5 Å². The predicted octanol–water partition coefficient (Wildman–Crippen LogP) is 2.89. The second kappa shape index (κ2) is 4.54. The van der Waals surface area contributed by atoms with E-state index in [0.717, 1.165) is 5.69 Å². The molecule has 2 aliphatic carbocycles. The topological polar surface area (TPSA) is 47.8 Å². The van der Waals surface area contributed by atoms with Gasteiger partial charge in [0.2, 0.25) is 0 Å². The van der Waals surface area contributed by atoms with Gasteiger partial charge in [0.05, 0.1) is 11.9 Å². The van der Waals surface area contributed by atoms with Crippen molar-refractivity contribution >= 4 is 5.78 Å². The Morgan fingerprint density at radius 1 is 1.10 bits per heavy atom. The van der Waals surface area contributed by atoms with E-state index in [1.807, 2.05) is 30.3 Å². The average Bonchev–Trinajstić information content (AvgIpc) is 3.02. The summed E-state index contributed by atoms with van der Waals surface area (Å²) in [6, 6.07) is 9.75. The number of Topliss-reactive ketones (excluding diaryl/α,β-unsaturated/α-hetero) is 1. The Kier molecular flexibility index (Phi) is 2.69. The number of nitrogens with zero attached hydrogens (tertiary/aromatic N) is 3. The summed E-state index contributed by atoms with van der Waals surface area (Å²) in [5.41, 5.74) is 1.53. The van der Waals surface area contributed by atoms with Crippen LogP contribution in [-0.4, -0.2) is 20.8 Å². The number of fused-ring (bicyclic) bond motifs is 1. The van der Waals surface area contributed by atoms with Gasteiger partial charge in [0.15, 0.2) is 5.78 Å². The van der Waals surface area contributed by atoms with Crippen LogP contribution in [-0.2, 0) is 0 Å². The number of hydrogen-bond acceptors (Lipinski definition) is 3. The van der Waals surface area contributed by atoms with Crippen LogP contribution < -0.4 is 0 Å². The van der Waals surface area contributed by atoms with E-state index >= 15 is 0 Å². The smallest absolute Gasteiger partial charge is 0.186 e. The maximum absolute atomic E-state index is 12.7. The molecule has 2 saturated carbocycles. The standard InChI is InChI=1S/C16H17N3O/c20-16(15-12-8-4-5-9-13(12)15)14-10-17-18-19(14)11-6-2-1-3-7-11/h1-3,6-7,10,12-13,15H,4-5,8-9H2. The van der Waals surface area contributed by atoms with Crippen molar-refractivity contribution in [1.82, 2.24) is 15.0 Å². The van der Waals surface area contributed by atoms with Gasteiger partial charge in [-0.3, -0.25) is 4.79 Å². The molecule has 0 saturated heterocycles. The van der Waals surface area contributed by atoms with Gasteiger partial charge >= 0.3 is 0 Å². The Morgan fingerprint density at radius 2 is 1.80 bits per heavy atom. The summed E-state index contributed by atoms with van der Waals surface area (Å²) in [5, 5.41) is 8.02. The molecule has 2 aliphatic rings. The van der Waals surface area contributed by atoms with Gasteiger partial charge < -0.3 is 0 Å². The molecule has 4 nitrogen and oxygen atoms in total. The van der Waals surface area contributed by atoms with Gasteiger partial charge in [0.1, 0.15) is 5.69 Å². The summed E-state index contributed by atoms with van der Waals surface area (Å²) in [7, 11) is 0. The molecule has 0 radical (unpaired) electrons. The van der Waals surface area contributed by atoms with Crippen LogP contribution in [0.5, 0.6) is 0 Å². The monoisotopic (exact) mass is 267 g/mol. The molecule has 102 valence electrons. The number of rotatable bonds is 3. The van der Waals surface area contributed by atoms with Crippen LogP contribution in [0.25, 0.3) is 5.69 Å². The minimum atomic E-state index is 0.221. The zero-order chi connectivity index (χ0) is 13.5. The van der Waals surface area contributed by atoms with Gasteiger partial charge in [-0.05, 0) is 36.8 Å². The van der Waals surface area contributed by atoms with Crippen LogP contribution in [0.1, 0.15) is 36.2 Å². The first kappa shape index (κ1) is 11.8. The van der Waals surface area contributed by atoms with Crippen molar-refractivity contribution in [3.05, 3.63) is 42.2 Å². The lowest BCUT2D eigenvalue weighted by Crippen LogP contribution is -2.12. The van der Waals surface area contributed by atoms with Crippen molar-refractivity contribution in [3.63, 3.8) is 0 Å². The van der Waals surface area contributed by atoms with E-state index in [9.17, 15) is 4.79 Å². The summed E-state index contributed by atoms with van der Waals surface area (Å²) in [6.45, 7) is 0. The predicted molar refractivity (Wildman–Crippen MR) is 74.6 cm³/mol. The molecule has 1 heterocycles. The Hall–Kier alpha value is -1.97. The number of aromatic nitrogens is 3. The number of benzene rings is 1. The molecule has 0 aliphatic heterocycles. The van der Waals surface area contributed by atoms with E-state index in [2.05, 4.69) is 10.3 Å². The molecule has 2 aromatic rings. The van der Waals surface area contributed by atoms with Gasteiger partial charge in [-0.25, -0.2) is 4.68 Å². The number of hydrogen-bond donors (Lipinski definition) is 0. The molecule has 2 fully saturated rings. The maximum Gasteiger partial charge on any atom is 0.186 e. The zero-order valence-corrected chi connectivity index (χ0v) is 11.3. The first-order chi connectivity index (χ1) is 9.86. The van der Waals surface area contributed by atoms with E-state index in [4.69, 9.17) is 0 Å². The summed E-state index contributed by atoms with van der Waals surface area (Å²) in [5.74, 6) is 1.69. The number of carbonyl (C=O) groups is 1. The Balaban J connectivity index is 1.64. The molecule has 0 bridgehead atoms. The third-order valence-corrected chi connectivity index (χ3v) is 4.76. The van der Waals surface area contributed by atoms with E-state index in [-0.39, 0.29) is 11.7 Å². The van der Waals surface area contributed by atoms with Crippen molar-refractivity contribution < 1.29 is 4.79 Å². The highest BCUT2D eigenvalue weighted by Crippen LogP contribution is 2.56. The number of ketones is 1. The highest BCUT2D eigenvalue weighted by Gasteiger charge is 2.55. The lowest BCUT2D eigenvalue weighted by molar-refractivity contribution is 0.0948. The molecule has 0 N–H and O–H groups in total. The minimum absolute atomic E-state index is 0.221. The first-order valence-corrected chi connectivity index (χ1v) is 7.36. The van der Waals surface area contributed by atoms with Gasteiger partial charge in [-0.1, -0.05) is 36.3 Å². The third kappa shape index (κ3) is 1.79. The first-order valence-electron chi connectivity index (χ1n) is 7.36. The van der Waals surface area contributed by atoms with E-state index in [1.54, 1.807) is 10.9 Å².